The smallest absolute Gasteiger partial charge is 0.327 e. The summed E-state index contributed by atoms with van der Waals surface area (Å²) in [6, 6.07) is 0.574. The third-order valence-corrected chi connectivity index (χ3v) is 3.43. The van der Waals surface area contributed by atoms with Crippen LogP contribution in [0, 0.1) is 17.5 Å². The summed E-state index contributed by atoms with van der Waals surface area (Å²) in [6.45, 7) is 2.24. The molecule has 0 saturated carbocycles. The summed E-state index contributed by atoms with van der Waals surface area (Å²) in [7, 11) is -4.10. The van der Waals surface area contributed by atoms with Gasteiger partial charge >= 0.3 is 5.97 Å². The van der Waals surface area contributed by atoms with Gasteiger partial charge in [-0.1, -0.05) is 0 Å². The molecule has 5 nitrogen and oxygen atoms in total. The lowest BCUT2D eigenvalue weighted by Crippen LogP contribution is -2.37. The van der Waals surface area contributed by atoms with Crippen molar-refractivity contribution >= 4 is 21.7 Å². The van der Waals surface area contributed by atoms with Gasteiger partial charge < -0.3 is 4.74 Å². The van der Waals surface area contributed by atoms with Gasteiger partial charge in [-0.3, -0.25) is 9.10 Å². The van der Waals surface area contributed by atoms with Crippen LogP contribution in [0.15, 0.2) is 12.1 Å². The Hall–Kier alpha value is -1.77. The van der Waals surface area contributed by atoms with Gasteiger partial charge in [0.15, 0.2) is 17.5 Å². The first-order valence-electron chi connectivity index (χ1n) is 5.84. The molecule has 0 atom stereocenters. The number of rotatable bonds is 5. The highest BCUT2D eigenvalue weighted by molar-refractivity contribution is 7.92. The van der Waals surface area contributed by atoms with Gasteiger partial charge in [-0.2, -0.15) is 0 Å². The Morgan fingerprint density at radius 1 is 1.19 bits per heavy atom. The van der Waals surface area contributed by atoms with Crippen molar-refractivity contribution in [2.75, 3.05) is 17.1 Å². The van der Waals surface area contributed by atoms with Crippen LogP contribution in [0.25, 0.3) is 0 Å². The Morgan fingerprint density at radius 3 is 2.19 bits per heavy atom. The van der Waals surface area contributed by atoms with Crippen LogP contribution < -0.4 is 4.31 Å². The molecule has 21 heavy (non-hydrogen) atoms. The van der Waals surface area contributed by atoms with E-state index < -0.39 is 51.8 Å². The minimum absolute atomic E-state index is 0.205. The van der Waals surface area contributed by atoms with E-state index in [1.54, 1.807) is 13.8 Å². The van der Waals surface area contributed by atoms with Gasteiger partial charge in [-0.25, -0.2) is 21.6 Å². The minimum Gasteiger partial charge on any atom is -0.462 e. The van der Waals surface area contributed by atoms with E-state index in [9.17, 15) is 26.4 Å². The van der Waals surface area contributed by atoms with Crippen molar-refractivity contribution in [1.29, 1.82) is 0 Å². The second-order valence-electron chi connectivity index (χ2n) is 4.53. The molecule has 9 heteroatoms. The third-order valence-electron chi connectivity index (χ3n) is 2.30. The van der Waals surface area contributed by atoms with Crippen molar-refractivity contribution < 1.29 is 31.1 Å². The molecule has 0 N–H and O–H groups in total. The van der Waals surface area contributed by atoms with Gasteiger partial charge in [0.1, 0.15) is 6.54 Å². The van der Waals surface area contributed by atoms with Crippen molar-refractivity contribution in [2.24, 2.45) is 0 Å². The Bertz CT molecular complexity index is 646. The van der Waals surface area contributed by atoms with Crippen LogP contribution in [-0.2, 0) is 19.6 Å². The molecule has 0 radical (unpaired) electrons. The molecule has 0 heterocycles. The number of anilines is 1. The highest BCUT2D eigenvalue weighted by atomic mass is 32.2. The van der Waals surface area contributed by atoms with Crippen molar-refractivity contribution in [2.45, 2.75) is 20.0 Å². The third kappa shape index (κ3) is 4.62. The summed E-state index contributed by atoms with van der Waals surface area (Å²) < 4.78 is 68.1. The number of carbonyl (C=O) groups excluding carboxylic acids is 1. The SMILES string of the molecule is CC(C)OC(=O)CN(c1cc(F)c(F)cc1F)S(C)(=O)=O. The number of nitrogens with zero attached hydrogens (tertiary/aromatic N) is 1. The molecular weight excluding hydrogens is 311 g/mol. The first kappa shape index (κ1) is 17.3. The summed E-state index contributed by atoms with van der Waals surface area (Å²) in [6.07, 6.45) is 0.199. The van der Waals surface area contributed by atoms with Crippen LogP contribution in [0.5, 0.6) is 0 Å². The van der Waals surface area contributed by atoms with Crippen LogP contribution in [0.3, 0.4) is 0 Å². The fourth-order valence-corrected chi connectivity index (χ4v) is 2.34. The molecule has 0 unspecified atom stereocenters. The van der Waals surface area contributed by atoms with E-state index in [1.807, 2.05) is 0 Å². The topological polar surface area (TPSA) is 63.7 Å². The number of benzene rings is 1. The van der Waals surface area contributed by atoms with Crippen molar-refractivity contribution in [3.05, 3.63) is 29.6 Å². The molecule has 1 aromatic rings. The minimum atomic E-state index is -4.10. The number of hydrogen-bond donors (Lipinski definition) is 0. The molecule has 0 aliphatic rings. The highest BCUT2D eigenvalue weighted by Gasteiger charge is 2.26. The quantitative estimate of drug-likeness (QED) is 0.612. The highest BCUT2D eigenvalue weighted by Crippen LogP contribution is 2.24. The lowest BCUT2D eigenvalue weighted by Gasteiger charge is -2.22. The van der Waals surface area contributed by atoms with E-state index in [-0.39, 0.29) is 6.07 Å². The lowest BCUT2D eigenvalue weighted by molar-refractivity contribution is -0.145. The fourth-order valence-electron chi connectivity index (χ4n) is 1.50. The maximum absolute atomic E-state index is 13.7. The van der Waals surface area contributed by atoms with Crippen LogP contribution in [-0.4, -0.2) is 33.3 Å². The van der Waals surface area contributed by atoms with Gasteiger partial charge in [0.2, 0.25) is 10.0 Å². The van der Waals surface area contributed by atoms with Gasteiger partial charge in [-0.15, -0.1) is 0 Å². The molecule has 0 amide bonds. The summed E-state index contributed by atoms with van der Waals surface area (Å²) in [5, 5.41) is 0. The van der Waals surface area contributed by atoms with E-state index in [0.717, 1.165) is 0 Å². The Kier molecular flexibility index (Phi) is 5.21. The van der Waals surface area contributed by atoms with E-state index >= 15 is 0 Å². The summed E-state index contributed by atoms with van der Waals surface area (Å²) in [4.78, 5) is 11.5. The standard InChI is InChI=1S/C12H14F3NO4S/c1-7(2)20-12(17)6-16(21(3,18)19)11-5-9(14)8(13)4-10(11)15/h4-5,7H,6H2,1-3H3. The number of sulfonamides is 1. The lowest BCUT2D eigenvalue weighted by atomic mass is 10.3. The molecule has 0 bridgehead atoms. The van der Waals surface area contributed by atoms with Gasteiger partial charge in [0.25, 0.3) is 0 Å². The Labute approximate surface area is 120 Å². The number of carbonyl (C=O) groups is 1. The van der Waals surface area contributed by atoms with Crippen LogP contribution in [0.2, 0.25) is 0 Å². The molecule has 0 aromatic heterocycles. The summed E-state index contributed by atoms with van der Waals surface area (Å²) >= 11 is 0. The van der Waals surface area contributed by atoms with Crippen LogP contribution in [0.4, 0.5) is 18.9 Å². The van der Waals surface area contributed by atoms with Crippen molar-refractivity contribution in [3.8, 4) is 0 Å². The van der Waals surface area contributed by atoms with E-state index in [0.29, 0.717) is 16.6 Å². The molecule has 1 aromatic carbocycles. The predicted molar refractivity (Wildman–Crippen MR) is 69.7 cm³/mol. The molecule has 0 aliphatic carbocycles. The largest absolute Gasteiger partial charge is 0.462 e. The van der Waals surface area contributed by atoms with Crippen molar-refractivity contribution in [3.63, 3.8) is 0 Å². The van der Waals surface area contributed by atoms with Gasteiger partial charge in [-0.05, 0) is 13.8 Å². The molecule has 118 valence electrons. The number of hydrogen-bond acceptors (Lipinski definition) is 4. The zero-order chi connectivity index (χ0) is 16.4. The number of esters is 1. The molecule has 0 saturated heterocycles. The summed E-state index contributed by atoms with van der Waals surface area (Å²) in [5.41, 5.74) is -0.767. The number of ether oxygens (including phenoxy) is 1. The molecule has 0 aliphatic heterocycles. The second-order valence-corrected chi connectivity index (χ2v) is 6.43. The molecule has 0 spiro atoms. The normalized spacial score (nSPS) is 11.6. The van der Waals surface area contributed by atoms with Crippen LogP contribution in [0.1, 0.15) is 13.8 Å². The maximum Gasteiger partial charge on any atom is 0.327 e. The van der Waals surface area contributed by atoms with E-state index in [2.05, 4.69) is 0 Å². The monoisotopic (exact) mass is 325 g/mol. The van der Waals surface area contributed by atoms with Gasteiger partial charge in [0, 0.05) is 12.1 Å². The van der Waals surface area contributed by atoms with Crippen molar-refractivity contribution in [1.82, 2.24) is 0 Å². The molecule has 0 fully saturated rings. The molecule has 1 rings (SSSR count). The first-order valence-corrected chi connectivity index (χ1v) is 7.69. The average molecular weight is 325 g/mol. The van der Waals surface area contributed by atoms with E-state index in [4.69, 9.17) is 4.74 Å². The zero-order valence-corrected chi connectivity index (χ0v) is 12.4. The van der Waals surface area contributed by atoms with Crippen LogP contribution >= 0.6 is 0 Å². The number of halogens is 3. The Balaban J connectivity index is 3.22. The fraction of sp³-hybridized carbons (Fsp3) is 0.417. The molecular formula is C12H14F3NO4S. The Morgan fingerprint density at radius 2 is 1.71 bits per heavy atom. The second kappa shape index (κ2) is 6.33. The zero-order valence-electron chi connectivity index (χ0n) is 11.6. The van der Waals surface area contributed by atoms with Gasteiger partial charge in [0.05, 0.1) is 18.0 Å². The summed E-state index contributed by atoms with van der Waals surface area (Å²) in [5.74, 6) is -5.15. The first-order chi connectivity index (χ1) is 9.52. The predicted octanol–water partition coefficient (Wildman–Crippen LogP) is 1.82. The van der Waals surface area contributed by atoms with E-state index in [1.165, 1.54) is 0 Å². The maximum atomic E-state index is 13.7. The average Bonchev–Trinajstić information content (AvgIpc) is 2.29.